The monoisotopic (exact) mass is 380 g/mol. The van der Waals surface area contributed by atoms with E-state index in [0.29, 0.717) is 11.4 Å². The Balaban J connectivity index is 1.70. The average molecular weight is 380 g/mol. The van der Waals surface area contributed by atoms with Crippen molar-refractivity contribution in [3.63, 3.8) is 0 Å². The van der Waals surface area contributed by atoms with Gasteiger partial charge in [-0.3, -0.25) is 9.59 Å². The Bertz CT molecular complexity index is 912. The first-order valence-corrected chi connectivity index (χ1v) is 8.98. The van der Waals surface area contributed by atoms with Gasteiger partial charge in [0, 0.05) is 12.2 Å². The third kappa shape index (κ3) is 2.70. The van der Waals surface area contributed by atoms with Crippen LogP contribution in [0.3, 0.4) is 0 Å². The smallest absolute Gasteiger partial charge is 0.329 e. The molecular formula is C21H20N2O5. The molecule has 3 unspecified atom stereocenters. The number of esters is 1. The van der Waals surface area contributed by atoms with E-state index in [9.17, 15) is 14.4 Å². The highest BCUT2D eigenvalue weighted by molar-refractivity contribution is 6.24. The molecule has 2 heterocycles. The number of carbonyl (C=O) groups excluding carboxylic acids is 3. The van der Waals surface area contributed by atoms with Crippen LogP contribution < -0.4 is 14.5 Å². The second kappa shape index (κ2) is 6.99. The van der Waals surface area contributed by atoms with Gasteiger partial charge in [-0.05, 0) is 36.4 Å². The summed E-state index contributed by atoms with van der Waals surface area (Å²) in [5.74, 6) is -1.88. The Morgan fingerprint density at radius 1 is 0.929 bits per heavy atom. The van der Waals surface area contributed by atoms with E-state index < -0.39 is 23.8 Å². The van der Waals surface area contributed by atoms with Gasteiger partial charge in [0.2, 0.25) is 11.8 Å². The van der Waals surface area contributed by atoms with Crippen LogP contribution in [0.1, 0.15) is 0 Å². The van der Waals surface area contributed by atoms with Crippen molar-refractivity contribution in [3.8, 4) is 5.75 Å². The fourth-order valence-electron chi connectivity index (χ4n) is 4.08. The lowest BCUT2D eigenvalue weighted by Crippen LogP contribution is -2.45. The van der Waals surface area contributed by atoms with E-state index in [0.717, 1.165) is 5.69 Å². The van der Waals surface area contributed by atoms with E-state index in [1.54, 1.807) is 60.5 Å². The topological polar surface area (TPSA) is 76.2 Å². The number of imide groups is 1. The van der Waals surface area contributed by atoms with Crippen LogP contribution in [0.25, 0.3) is 0 Å². The van der Waals surface area contributed by atoms with Crippen molar-refractivity contribution >= 4 is 29.2 Å². The molecular weight excluding hydrogens is 360 g/mol. The lowest BCUT2D eigenvalue weighted by molar-refractivity contribution is -0.144. The predicted molar refractivity (Wildman–Crippen MR) is 102 cm³/mol. The van der Waals surface area contributed by atoms with E-state index in [2.05, 4.69) is 0 Å². The molecule has 4 rings (SSSR count). The number of amides is 2. The highest BCUT2D eigenvalue weighted by atomic mass is 16.5. The van der Waals surface area contributed by atoms with E-state index in [4.69, 9.17) is 9.47 Å². The molecule has 7 heteroatoms. The molecule has 0 N–H and O–H groups in total. The van der Waals surface area contributed by atoms with Crippen molar-refractivity contribution in [2.45, 2.75) is 6.04 Å². The molecule has 2 aliphatic heterocycles. The minimum atomic E-state index is -0.853. The second-order valence-electron chi connectivity index (χ2n) is 6.80. The van der Waals surface area contributed by atoms with E-state index in [-0.39, 0.29) is 18.4 Å². The van der Waals surface area contributed by atoms with Gasteiger partial charge in [-0.15, -0.1) is 0 Å². The molecule has 0 aromatic heterocycles. The largest absolute Gasteiger partial charge is 0.497 e. The molecule has 2 saturated heterocycles. The zero-order valence-corrected chi connectivity index (χ0v) is 15.6. The van der Waals surface area contributed by atoms with Gasteiger partial charge in [-0.25, -0.2) is 9.69 Å². The number of rotatable bonds is 4. The summed E-state index contributed by atoms with van der Waals surface area (Å²) in [6.07, 6.45) is 0. The number of fused-ring (bicyclic) bond motifs is 1. The van der Waals surface area contributed by atoms with Crippen LogP contribution in [-0.4, -0.2) is 44.6 Å². The SMILES string of the molecule is COC(=O)C1C2C(=O)N(c3ccccc3)C(=O)C2CN1c1ccc(OC)cc1. The van der Waals surface area contributed by atoms with Crippen LogP contribution in [0, 0.1) is 11.8 Å². The molecule has 2 aliphatic rings. The standard InChI is InChI=1S/C21H20N2O5/c1-27-15-10-8-13(9-11-15)22-12-16-17(18(22)21(26)28-2)20(25)23(19(16)24)14-6-4-3-5-7-14/h3-11,16-18H,12H2,1-2H3. The number of nitrogens with zero attached hydrogens (tertiary/aromatic N) is 2. The first kappa shape index (κ1) is 18.0. The van der Waals surface area contributed by atoms with Gasteiger partial charge in [0.05, 0.1) is 31.7 Å². The number of benzene rings is 2. The summed E-state index contributed by atoms with van der Waals surface area (Å²) in [5.41, 5.74) is 1.25. The molecule has 0 spiro atoms. The van der Waals surface area contributed by atoms with Crippen LogP contribution in [0.4, 0.5) is 11.4 Å². The van der Waals surface area contributed by atoms with Gasteiger partial charge in [0.25, 0.3) is 0 Å². The van der Waals surface area contributed by atoms with Gasteiger partial charge in [0.1, 0.15) is 11.8 Å². The first-order valence-electron chi connectivity index (χ1n) is 8.98. The lowest BCUT2D eigenvalue weighted by atomic mass is 9.93. The Hall–Kier alpha value is -3.35. The van der Waals surface area contributed by atoms with Gasteiger partial charge in [-0.1, -0.05) is 18.2 Å². The number of ether oxygens (including phenoxy) is 2. The quantitative estimate of drug-likeness (QED) is 0.595. The maximum Gasteiger partial charge on any atom is 0.329 e. The molecule has 0 saturated carbocycles. The highest BCUT2D eigenvalue weighted by Gasteiger charge is 2.60. The fourth-order valence-corrected chi connectivity index (χ4v) is 4.08. The Kier molecular flexibility index (Phi) is 4.50. The average Bonchev–Trinajstić information content (AvgIpc) is 3.24. The number of carbonyl (C=O) groups is 3. The van der Waals surface area contributed by atoms with Crippen molar-refractivity contribution in [2.75, 3.05) is 30.6 Å². The number of hydrogen-bond donors (Lipinski definition) is 0. The van der Waals surface area contributed by atoms with Crippen molar-refractivity contribution in [1.82, 2.24) is 0 Å². The van der Waals surface area contributed by atoms with Crippen LogP contribution in [-0.2, 0) is 19.1 Å². The van der Waals surface area contributed by atoms with Gasteiger partial charge < -0.3 is 14.4 Å². The van der Waals surface area contributed by atoms with E-state index >= 15 is 0 Å². The zero-order chi connectivity index (χ0) is 19.8. The molecule has 2 fully saturated rings. The Morgan fingerprint density at radius 3 is 2.21 bits per heavy atom. The van der Waals surface area contributed by atoms with Crippen molar-refractivity contribution in [1.29, 1.82) is 0 Å². The van der Waals surface area contributed by atoms with Crippen molar-refractivity contribution in [2.24, 2.45) is 11.8 Å². The minimum Gasteiger partial charge on any atom is -0.497 e. The van der Waals surface area contributed by atoms with Crippen LogP contribution in [0.15, 0.2) is 54.6 Å². The van der Waals surface area contributed by atoms with E-state index in [1.165, 1.54) is 12.0 Å². The lowest BCUT2D eigenvalue weighted by Gasteiger charge is -2.28. The fraction of sp³-hybridized carbons (Fsp3) is 0.286. The summed E-state index contributed by atoms with van der Waals surface area (Å²) in [6.45, 7) is 0.269. The van der Waals surface area contributed by atoms with Gasteiger partial charge >= 0.3 is 5.97 Å². The normalized spacial score (nSPS) is 23.7. The van der Waals surface area contributed by atoms with Crippen LogP contribution >= 0.6 is 0 Å². The van der Waals surface area contributed by atoms with Gasteiger partial charge in [-0.2, -0.15) is 0 Å². The number of methoxy groups -OCH3 is 2. The Labute approximate surface area is 162 Å². The maximum absolute atomic E-state index is 13.2. The van der Waals surface area contributed by atoms with Crippen LogP contribution in [0.2, 0.25) is 0 Å². The third-order valence-electron chi connectivity index (χ3n) is 5.41. The molecule has 0 radical (unpaired) electrons. The summed E-state index contributed by atoms with van der Waals surface area (Å²) >= 11 is 0. The minimum absolute atomic E-state index is 0.269. The number of anilines is 2. The summed E-state index contributed by atoms with van der Waals surface area (Å²) in [6, 6.07) is 15.1. The number of para-hydroxylation sites is 1. The molecule has 0 aliphatic carbocycles. The molecule has 0 bridgehead atoms. The summed E-state index contributed by atoms with van der Waals surface area (Å²) in [5, 5.41) is 0. The molecule has 3 atom stereocenters. The highest BCUT2D eigenvalue weighted by Crippen LogP contribution is 2.42. The molecule has 2 aromatic rings. The summed E-state index contributed by atoms with van der Waals surface area (Å²) in [4.78, 5) is 41.8. The number of hydrogen-bond acceptors (Lipinski definition) is 6. The molecule has 2 amide bonds. The maximum atomic E-state index is 13.2. The van der Waals surface area contributed by atoms with Gasteiger partial charge in [0.15, 0.2) is 0 Å². The zero-order valence-electron chi connectivity index (χ0n) is 15.6. The van der Waals surface area contributed by atoms with Crippen LogP contribution in [0.5, 0.6) is 5.75 Å². The first-order chi connectivity index (χ1) is 13.6. The molecule has 2 aromatic carbocycles. The van der Waals surface area contributed by atoms with Crippen molar-refractivity contribution < 1.29 is 23.9 Å². The summed E-state index contributed by atoms with van der Waals surface area (Å²) < 4.78 is 10.2. The third-order valence-corrected chi connectivity index (χ3v) is 5.41. The molecule has 144 valence electrons. The summed E-state index contributed by atoms with van der Waals surface area (Å²) in [7, 11) is 2.86. The van der Waals surface area contributed by atoms with E-state index in [1.807, 2.05) is 6.07 Å². The van der Waals surface area contributed by atoms with Crippen molar-refractivity contribution in [3.05, 3.63) is 54.6 Å². The predicted octanol–water partition coefficient (Wildman–Crippen LogP) is 1.86. The molecule has 28 heavy (non-hydrogen) atoms. The Morgan fingerprint density at radius 2 is 1.61 bits per heavy atom. The molecule has 7 nitrogen and oxygen atoms in total. The second-order valence-corrected chi connectivity index (χ2v) is 6.80.